The summed E-state index contributed by atoms with van der Waals surface area (Å²) in [6.07, 6.45) is -4.37. The minimum absolute atomic E-state index is 0.188. The molecule has 0 fully saturated rings. The molecule has 1 aromatic heterocycles. The highest BCUT2D eigenvalue weighted by Gasteiger charge is 2.30. The third-order valence-electron chi connectivity index (χ3n) is 4.75. The van der Waals surface area contributed by atoms with Crippen LogP contribution < -0.4 is 9.47 Å². The molecule has 0 aliphatic rings. The van der Waals surface area contributed by atoms with Gasteiger partial charge in [-0.2, -0.15) is 13.2 Å². The summed E-state index contributed by atoms with van der Waals surface area (Å²) < 4.78 is 54.5. The quantitative estimate of drug-likeness (QED) is 0.269. The summed E-state index contributed by atoms with van der Waals surface area (Å²) in [7, 11) is 2.88. The first-order chi connectivity index (χ1) is 15.6. The number of methoxy groups -OCH3 is 2. The van der Waals surface area contributed by atoms with Crippen molar-refractivity contribution in [1.82, 2.24) is 4.98 Å². The Labute approximate surface area is 197 Å². The molecular weight excluding hydrogens is 475 g/mol. The van der Waals surface area contributed by atoms with Crippen LogP contribution in [-0.4, -0.2) is 30.9 Å². The van der Waals surface area contributed by atoms with E-state index in [2.05, 4.69) is 9.72 Å². The van der Waals surface area contributed by atoms with Crippen LogP contribution in [0.3, 0.4) is 0 Å². The zero-order valence-corrected chi connectivity index (χ0v) is 20.0. The van der Waals surface area contributed by atoms with Gasteiger partial charge in [0.15, 0.2) is 11.5 Å². The Balaban J connectivity index is 1.74. The second-order valence-electron chi connectivity index (χ2n) is 7.02. The lowest BCUT2D eigenvalue weighted by Gasteiger charge is -2.14. The summed E-state index contributed by atoms with van der Waals surface area (Å²) in [6, 6.07) is 8.59. The molecule has 10 heteroatoms. The Morgan fingerprint density at radius 3 is 2.39 bits per heavy atom. The number of halogens is 3. The third-order valence-corrected chi connectivity index (χ3v) is 7.06. The highest BCUT2D eigenvalue weighted by atomic mass is 32.2. The standard InChI is InChI=1S/C23H22F3NO4S2/c1-13-9-18(17(29-3)10-19(13)32-12-21(28)30-4)31-11-20-14(2)27-22(33-20)15-5-7-16(8-6-15)23(24,25)26/h5-10H,11-12H2,1-4H3. The van der Waals surface area contributed by atoms with Crippen LogP contribution in [0.5, 0.6) is 11.5 Å². The zero-order valence-electron chi connectivity index (χ0n) is 18.4. The van der Waals surface area contributed by atoms with Gasteiger partial charge in [-0.1, -0.05) is 12.1 Å². The topological polar surface area (TPSA) is 57.7 Å². The molecule has 1 heterocycles. The fourth-order valence-corrected chi connectivity index (χ4v) is 4.75. The largest absolute Gasteiger partial charge is 0.493 e. The van der Waals surface area contributed by atoms with E-state index in [9.17, 15) is 18.0 Å². The van der Waals surface area contributed by atoms with Crippen molar-refractivity contribution in [3.8, 4) is 22.1 Å². The average molecular weight is 498 g/mol. The summed E-state index contributed by atoms with van der Waals surface area (Å²) in [5, 5.41) is 0.623. The van der Waals surface area contributed by atoms with Gasteiger partial charge < -0.3 is 14.2 Å². The van der Waals surface area contributed by atoms with Crippen molar-refractivity contribution in [2.45, 2.75) is 31.5 Å². The van der Waals surface area contributed by atoms with E-state index in [1.54, 1.807) is 0 Å². The molecule has 0 amide bonds. The lowest BCUT2D eigenvalue weighted by atomic mass is 10.1. The van der Waals surface area contributed by atoms with Gasteiger partial charge in [0.05, 0.1) is 36.1 Å². The first-order valence-corrected chi connectivity index (χ1v) is 11.6. The lowest BCUT2D eigenvalue weighted by molar-refractivity contribution is -0.138. The number of thiazole rings is 1. The van der Waals surface area contributed by atoms with Crippen LogP contribution in [0.4, 0.5) is 13.2 Å². The van der Waals surface area contributed by atoms with Gasteiger partial charge in [-0.3, -0.25) is 4.79 Å². The van der Waals surface area contributed by atoms with Gasteiger partial charge in [-0.15, -0.1) is 23.1 Å². The molecular formula is C23H22F3NO4S2. The molecule has 0 spiro atoms. The molecule has 0 bridgehead atoms. The van der Waals surface area contributed by atoms with Crippen LogP contribution in [0.1, 0.15) is 21.7 Å². The molecule has 3 rings (SSSR count). The van der Waals surface area contributed by atoms with E-state index in [1.807, 2.05) is 26.0 Å². The summed E-state index contributed by atoms with van der Waals surface area (Å²) in [5.74, 6) is 0.940. The van der Waals surface area contributed by atoms with Crippen LogP contribution in [-0.2, 0) is 22.3 Å². The smallest absolute Gasteiger partial charge is 0.416 e. The summed E-state index contributed by atoms with van der Waals surface area (Å²) in [4.78, 5) is 17.6. The summed E-state index contributed by atoms with van der Waals surface area (Å²) in [5.41, 5.74) is 1.59. The van der Waals surface area contributed by atoms with E-state index in [-0.39, 0.29) is 18.3 Å². The number of thioether (sulfide) groups is 1. The van der Waals surface area contributed by atoms with Gasteiger partial charge in [0.1, 0.15) is 11.6 Å². The number of hydrogen-bond donors (Lipinski definition) is 0. The number of aryl methyl sites for hydroxylation is 2. The van der Waals surface area contributed by atoms with Crippen molar-refractivity contribution in [2.75, 3.05) is 20.0 Å². The van der Waals surface area contributed by atoms with E-state index < -0.39 is 11.7 Å². The second-order valence-corrected chi connectivity index (χ2v) is 9.13. The lowest BCUT2D eigenvalue weighted by Crippen LogP contribution is -2.03. The Morgan fingerprint density at radius 1 is 1.09 bits per heavy atom. The number of nitrogens with zero attached hydrogens (tertiary/aromatic N) is 1. The number of alkyl halides is 3. The number of esters is 1. The number of carbonyl (C=O) groups is 1. The minimum Gasteiger partial charge on any atom is -0.493 e. The zero-order chi connectivity index (χ0) is 24.2. The summed E-state index contributed by atoms with van der Waals surface area (Å²) in [6.45, 7) is 3.97. The maximum Gasteiger partial charge on any atom is 0.416 e. The Kier molecular flexibility index (Phi) is 7.91. The maximum absolute atomic E-state index is 12.8. The molecule has 0 N–H and O–H groups in total. The van der Waals surface area contributed by atoms with Crippen LogP contribution in [0.25, 0.3) is 10.6 Å². The van der Waals surface area contributed by atoms with E-state index in [0.29, 0.717) is 22.1 Å². The van der Waals surface area contributed by atoms with Crippen molar-refractivity contribution in [2.24, 2.45) is 0 Å². The Hall–Kier alpha value is -2.72. The van der Waals surface area contributed by atoms with Gasteiger partial charge in [-0.25, -0.2) is 4.98 Å². The monoisotopic (exact) mass is 497 g/mol. The Bertz CT molecular complexity index is 1130. The molecule has 0 unspecified atom stereocenters. The molecule has 0 saturated heterocycles. The van der Waals surface area contributed by atoms with Crippen molar-refractivity contribution in [3.63, 3.8) is 0 Å². The SMILES string of the molecule is COC(=O)CSc1cc(OC)c(OCc2sc(-c3ccc(C(F)(F)F)cc3)nc2C)cc1C. The van der Waals surface area contributed by atoms with Gasteiger partial charge >= 0.3 is 12.1 Å². The molecule has 3 aromatic rings. The average Bonchev–Trinajstić information content (AvgIpc) is 3.16. The fourth-order valence-electron chi connectivity index (χ4n) is 2.90. The molecule has 0 saturated carbocycles. The van der Waals surface area contributed by atoms with Crippen molar-refractivity contribution < 1.29 is 32.2 Å². The molecule has 0 radical (unpaired) electrons. The molecule has 33 heavy (non-hydrogen) atoms. The minimum atomic E-state index is -4.37. The number of ether oxygens (including phenoxy) is 3. The number of aromatic nitrogens is 1. The highest BCUT2D eigenvalue weighted by molar-refractivity contribution is 8.00. The van der Waals surface area contributed by atoms with Crippen molar-refractivity contribution in [3.05, 3.63) is 58.1 Å². The van der Waals surface area contributed by atoms with Crippen LogP contribution >= 0.6 is 23.1 Å². The molecule has 0 aliphatic heterocycles. The maximum atomic E-state index is 12.8. The number of benzene rings is 2. The van der Waals surface area contributed by atoms with Gasteiger partial charge in [0, 0.05) is 10.5 Å². The van der Waals surface area contributed by atoms with E-state index in [1.165, 1.54) is 49.5 Å². The number of hydrogen-bond acceptors (Lipinski definition) is 7. The van der Waals surface area contributed by atoms with Gasteiger partial charge in [-0.05, 0) is 43.7 Å². The number of rotatable bonds is 8. The van der Waals surface area contributed by atoms with Crippen LogP contribution in [0.2, 0.25) is 0 Å². The predicted octanol–water partition coefficient (Wildman–Crippen LogP) is 6.30. The third kappa shape index (κ3) is 6.20. The first kappa shape index (κ1) is 24.9. The highest BCUT2D eigenvalue weighted by Crippen LogP contribution is 2.37. The molecule has 2 aromatic carbocycles. The van der Waals surface area contributed by atoms with Crippen LogP contribution in [0, 0.1) is 13.8 Å². The van der Waals surface area contributed by atoms with Gasteiger partial charge in [0.25, 0.3) is 0 Å². The normalized spacial score (nSPS) is 11.4. The fraction of sp³-hybridized carbons (Fsp3) is 0.304. The van der Waals surface area contributed by atoms with E-state index in [0.717, 1.165) is 33.2 Å². The first-order valence-electron chi connectivity index (χ1n) is 9.77. The molecule has 0 atom stereocenters. The van der Waals surface area contributed by atoms with Gasteiger partial charge in [0.2, 0.25) is 0 Å². The van der Waals surface area contributed by atoms with Crippen molar-refractivity contribution in [1.29, 1.82) is 0 Å². The van der Waals surface area contributed by atoms with Crippen LogP contribution in [0.15, 0.2) is 41.3 Å². The molecule has 5 nitrogen and oxygen atoms in total. The summed E-state index contributed by atoms with van der Waals surface area (Å²) >= 11 is 2.72. The predicted molar refractivity (Wildman–Crippen MR) is 122 cm³/mol. The van der Waals surface area contributed by atoms with Crippen molar-refractivity contribution >= 4 is 29.1 Å². The number of carbonyl (C=O) groups excluding carboxylic acids is 1. The van der Waals surface area contributed by atoms with E-state index >= 15 is 0 Å². The molecule has 176 valence electrons. The molecule has 0 aliphatic carbocycles. The second kappa shape index (κ2) is 10.5. The Morgan fingerprint density at radius 2 is 1.79 bits per heavy atom. The van der Waals surface area contributed by atoms with E-state index in [4.69, 9.17) is 9.47 Å².